The quantitative estimate of drug-likeness (QED) is 0.166. The van der Waals surface area contributed by atoms with Crippen LogP contribution in [0.4, 0.5) is 4.39 Å². The Bertz CT molecular complexity index is 1850. The van der Waals surface area contributed by atoms with Crippen LogP contribution in [0.3, 0.4) is 0 Å². The summed E-state index contributed by atoms with van der Waals surface area (Å²) in [7, 11) is 3.13. The van der Waals surface area contributed by atoms with Crippen molar-refractivity contribution in [2.75, 3.05) is 33.9 Å². The Morgan fingerprint density at radius 2 is 1.66 bits per heavy atom. The maximum atomic E-state index is 14.8. The summed E-state index contributed by atoms with van der Waals surface area (Å²) in [5, 5.41) is 33.0. The predicted octanol–water partition coefficient (Wildman–Crippen LogP) is 3.94. The average Bonchev–Trinajstić information content (AvgIpc) is 4.01. The Balaban J connectivity index is 1.27. The van der Waals surface area contributed by atoms with E-state index < -0.39 is 30.1 Å². The van der Waals surface area contributed by atoms with Gasteiger partial charge in [-0.05, 0) is 94.6 Å². The molecule has 2 heterocycles. The lowest BCUT2D eigenvalue weighted by molar-refractivity contribution is -0.163. The van der Waals surface area contributed by atoms with Crippen molar-refractivity contribution in [2.45, 2.75) is 69.0 Å². The molecule has 2 bridgehead atoms. The SMILES string of the molecule is COc1cc(CN(C(=O)C2=C(c3ccc(CCCOc4cc(F)ccc4Br)cc3)C[C@@H]3CN(C(=O)[C@@H](O)[C@H](O)C(=O)O)C[C@H]2N3)C2CC2)cc(OC)c1. The number of piperazine rings is 1. The summed E-state index contributed by atoms with van der Waals surface area (Å²) in [6, 6.07) is 16.9. The minimum Gasteiger partial charge on any atom is -0.497 e. The fourth-order valence-corrected chi connectivity index (χ4v) is 7.35. The summed E-state index contributed by atoms with van der Waals surface area (Å²) < 4.78 is 31.1. The van der Waals surface area contributed by atoms with E-state index in [0.717, 1.165) is 35.1 Å². The first kappa shape index (κ1) is 38.2. The van der Waals surface area contributed by atoms with Crippen molar-refractivity contribution >= 4 is 39.3 Å². The van der Waals surface area contributed by atoms with Crippen molar-refractivity contribution in [3.8, 4) is 17.2 Å². The average molecular weight is 797 g/mol. The molecule has 0 aromatic heterocycles. The molecule has 1 aliphatic carbocycles. The third-order valence-electron chi connectivity index (χ3n) is 9.83. The number of nitrogens with one attached hydrogen (secondary N) is 1. The molecule has 3 aliphatic rings. The van der Waals surface area contributed by atoms with E-state index in [2.05, 4.69) is 21.2 Å². The van der Waals surface area contributed by atoms with Gasteiger partial charge in [-0.2, -0.15) is 0 Å². The Morgan fingerprint density at radius 1 is 0.962 bits per heavy atom. The fourth-order valence-electron chi connectivity index (χ4n) is 6.99. The molecule has 14 heteroatoms. The summed E-state index contributed by atoms with van der Waals surface area (Å²) >= 11 is 3.38. The zero-order valence-electron chi connectivity index (χ0n) is 29.5. The molecule has 282 valence electrons. The molecule has 2 aliphatic heterocycles. The van der Waals surface area contributed by atoms with Gasteiger partial charge < -0.3 is 44.6 Å². The zero-order valence-corrected chi connectivity index (χ0v) is 31.1. The molecule has 1 saturated heterocycles. The lowest BCUT2D eigenvalue weighted by atomic mass is 9.82. The van der Waals surface area contributed by atoms with Crippen LogP contribution in [0.2, 0.25) is 0 Å². The number of carbonyl (C=O) groups excluding carboxylic acids is 2. The van der Waals surface area contributed by atoms with Crippen molar-refractivity contribution in [2.24, 2.45) is 0 Å². The van der Waals surface area contributed by atoms with Gasteiger partial charge in [0.05, 0.1) is 31.3 Å². The smallest absolute Gasteiger partial charge is 0.335 e. The molecule has 12 nitrogen and oxygen atoms in total. The number of rotatable bonds is 15. The van der Waals surface area contributed by atoms with Gasteiger partial charge in [0, 0.05) is 49.4 Å². The molecule has 6 rings (SSSR count). The van der Waals surface area contributed by atoms with Gasteiger partial charge in [-0.3, -0.25) is 9.59 Å². The number of methoxy groups -OCH3 is 2. The van der Waals surface area contributed by atoms with E-state index in [1.807, 2.05) is 41.3 Å². The Labute approximate surface area is 315 Å². The van der Waals surface area contributed by atoms with E-state index in [1.54, 1.807) is 26.4 Å². The Hall–Kier alpha value is -4.50. The standard InChI is InChI=1S/C39H43BrFN3O9/c1-51-28-14-23(15-29(18-28)52-2)19-44(27-10-11-27)37(47)34-30(17-26-20-43(21-32(34)42-26)38(48)35(45)36(46)39(49)50)24-7-5-22(6-8-24)4-3-13-53-33-16-25(41)9-12-31(33)40/h5-9,12,14-16,18,26-27,32,35-36,42,45-46H,3-4,10-11,13,17,19-21H2,1-2H3,(H,49,50)/t26-,32-,35+,36+/m1/s1. The Morgan fingerprint density at radius 3 is 2.30 bits per heavy atom. The van der Waals surface area contributed by atoms with Crippen molar-refractivity contribution in [1.82, 2.24) is 15.1 Å². The first-order valence-corrected chi connectivity index (χ1v) is 18.3. The molecule has 2 amide bonds. The molecule has 0 unspecified atom stereocenters. The molecule has 4 N–H and O–H groups in total. The second kappa shape index (κ2) is 16.7. The number of aliphatic hydroxyl groups is 2. The van der Waals surface area contributed by atoms with Gasteiger partial charge in [-0.15, -0.1) is 0 Å². The number of carboxylic acid groups (broad SMARTS) is 1. The highest BCUT2D eigenvalue weighted by atomic mass is 79.9. The third-order valence-corrected chi connectivity index (χ3v) is 10.5. The largest absolute Gasteiger partial charge is 0.497 e. The predicted molar refractivity (Wildman–Crippen MR) is 196 cm³/mol. The molecule has 4 atom stereocenters. The van der Waals surface area contributed by atoms with Gasteiger partial charge in [0.25, 0.3) is 11.8 Å². The molecule has 3 aromatic rings. The molecule has 3 aromatic carbocycles. The van der Waals surface area contributed by atoms with Crippen LogP contribution in [-0.2, 0) is 27.3 Å². The number of hydrogen-bond acceptors (Lipinski definition) is 9. The summed E-state index contributed by atoms with van der Waals surface area (Å²) in [5.41, 5.74) is 4.10. The van der Waals surface area contributed by atoms with Crippen LogP contribution in [0.5, 0.6) is 17.2 Å². The van der Waals surface area contributed by atoms with Gasteiger partial charge in [0.2, 0.25) is 0 Å². The van der Waals surface area contributed by atoms with Crippen LogP contribution in [0.15, 0.2) is 70.7 Å². The molecular formula is C39H43BrFN3O9. The second-order valence-corrected chi connectivity index (χ2v) is 14.4. The normalized spacial score (nSPS) is 19.3. The van der Waals surface area contributed by atoms with E-state index in [4.69, 9.17) is 14.2 Å². The first-order chi connectivity index (χ1) is 25.4. The number of aliphatic hydroxyl groups excluding tert-OH is 2. The number of hydrogen-bond donors (Lipinski definition) is 4. The lowest BCUT2D eigenvalue weighted by Crippen LogP contribution is -2.64. The van der Waals surface area contributed by atoms with Crippen LogP contribution in [-0.4, -0.2) is 107 Å². The van der Waals surface area contributed by atoms with Gasteiger partial charge in [-0.25, -0.2) is 9.18 Å². The summed E-state index contributed by atoms with van der Waals surface area (Å²) in [4.78, 5) is 42.6. The Kier molecular flexibility index (Phi) is 12.0. The molecule has 2 fully saturated rings. The summed E-state index contributed by atoms with van der Waals surface area (Å²) in [6.45, 7) is 0.836. The highest BCUT2D eigenvalue weighted by Crippen LogP contribution is 2.38. The number of amides is 2. The van der Waals surface area contributed by atoms with Gasteiger partial charge >= 0.3 is 5.97 Å². The molecule has 0 spiro atoms. The minimum absolute atomic E-state index is 0.00565. The van der Waals surface area contributed by atoms with Crippen LogP contribution >= 0.6 is 15.9 Å². The molecular weight excluding hydrogens is 753 g/mol. The van der Waals surface area contributed by atoms with E-state index in [9.17, 15) is 34.1 Å². The molecule has 1 saturated carbocycles. The van der Waals surface area contributed by atoms with Crippen LogP contribution in [0, 0.1) is 5.82 Å². The number of nitrogens with zero attached hydrogens (tertiary/aromatic N) is 2. The maximum absolute atomic E-state index is 14.8. The van der Waals surface area contributed by atoms with Crippen molar-refractivity contribution in [3.63, 3.8) is 0 Å². The minimum atomic E-state index is -2.28. The van der Waals surface area contributed by atoms with E-state index in [0.29, 0.717) is 59.7 Å². The number of fused-ring (bicyclic) bond motifs is 2. The number of carbonyl (C=O) groups is 3. The van der Waals surface area contributed by atoms with Crippen LogP contribution < -0.4 is 19.5 Å². The number of benzene rings is 3. The van der Waals surface area contributed by atoms with Crippen molar-refractivity contribution in [1.29, 1.82) is 0 Å². The topological polar surface area (TPSA) is 158 Å². The van der Waals surface area contributed by atoms with Crippen molar-refractivity contribution < 1.29 is 48.3 Å². The number of aliphatic carboxylic acids is 1. The third kappa shape index (κ3) is 9.01. The van der Waals surface area contributed by atoms with Crippen LogP contribution in [0.25, 0.3) is 5.57 Å². The first-order valence-electron chi connectivity index (χ1n) is 17.5. The van der Waals surface area contributed by atoms with E-state index in [1.165, 1.54) is 17.0 Å². The number of carboxylic acids is 1. The van der Waals surface area contributed by atoms with Gasteiger partial charge in [0.1, 0.15) is 23.1 Å². The highest BCUT2D eigenvalue weighted by molar-refractivity contribution is 9.10. The number of ether oxygens (including phenoxy) is 3. The van der Waals surface area contributed by atoms with Crippen LogP contribution in [0.1, 0.15) is 42.4 Å². The number of aryl methyl sites for hydroxylation is 1. The summed E-state index contributed by atoms with van der Waals surface area (Å²) in [6.07, 6.45) is -0.938. The second-order valence-electron chi connectivity index (χ2n) is 13.6. The zero-order chi connectivity index (χ0) is 37.8. The molecule has 0 radical (unpaired) electrons. The lowest BCUT2D eigenvalue weighted by Gasteiger charge is -2.45. The number of halogens is 2. The van der Waals surface area contributed by atoms with E-state index in [-0.39, 0.29) is 36.9 Å². The monoisotopic (exact) mass is 795 g/mol. The van der Waals surface area contributed by atoms with Crippen molar-refractivity contribution in [3.05, 3.63) is 93.2 Å². The maximum Gasteiger partial charge on any atom is 0.335 e. The van der Waals surface area contributed by atoms with Gasteiger partial charge in [-0.1, -0.05) is 24.3 Å². The molecule has 53 heavy (non-hydrogen) atoms. The summed E-state index contributed by atoms with van der Waals surface area (Å²) in [5.74, 6) is -1.53. The van der Waals surface area contributed by atoms with E-state index >= 15 is 0 Å². The van der Waals surface area contributed by atoms with Gasteiger partial charge in [0.15, 0.2) is 12.2 Å². The fraction of sp³-hybridized carbons (Fsp3) is 0.410. The highest BCUT2D eigenvalue weighted by Gasteiger charge is 2.45.